The number of nitrogens with two attached hydrogens (primary N) is 2. The van der Waals surface area contributed by atoms with E-state index < -0.39 is 44.4 Å². The number of nitriles is 1. The molecule has 1 aromatic carbocycles. The summed E-state index contributed by atoms with van der Waals surface area (Å²) in [5, 5.41) is 35.8. The zero-order chi connectivity index (χ0) is 43.2. The molecule has 17 heteroatoms. The number of anilines is 1. The summed E-state index contributed by atoms with van der Waals surface area (Å²) in [5.74, 6) is 0.227. The molecule has 1 aliphatic rings. The van der Waals surface area contributed by atoms with Crippen LogP contribution >= 0.6 is 7.82 Å². The number of nitrogen functional groups attached to an aromatic ring is 1. The standard InChI is InChI=1S/C43H67N8O8P/c1-3-4-5-6-7-8-9-10-11-12-13-14-15-16-17-18-19-20-35(56-27-33-21-22-36(34(25-33)26-44)48-31-47-30-45)28-57-60(54,55)58-29-43(2)41(53)39(52)40(59-43)37-23-24-38-42(46)49-32-50-51(37)38/h21-25,30-32,35,39-41,52-53H,3-20,27-29H2,1-2H3,(H,54,55)(H2,45,47,48)(H2,46,49,50)/t35-,39+,40+,41+,43-/m1/s1. The van der Waals surface area contributed by atoms with E-state index in [1.807, 2.05) is 0 Å². The molecule has 1 aliphatic heterocycles. The molecule has 3 heterocycles. The third kappa shape index (κ3) is 15.6. The van der Waals surface area contributed by atoms with Crippen LogP contribution in [0.2, 0.25) is 0 Å². The first-order valence-electron chi connectivity index (χ1n) is 21.7. The van der Waals surface area contributed by atoms with E-state index in [-0.39, 0.29) is 19.0 Å². The van der Waals surface area contributed by atoms with E-state index in [2.05, 4.69) is 33.1 Å². The maximum Gasteiger partial charge on any atom is 0.472 e. The van der Waals surface area contributed by atoms with Crippen molar-refractivity contribution in [1.82, 2.24) is 14.6 Å². The molecule has 0 spiro atoms. The largest absolute Gasteiger partial charge is 0.472 e. The number of aliphatic hydroxyl groups excluding tert-OH is 2. The van der Waals surface area contributed by atoms with Crippen molar-refractivity contribution in [2.75, 3.05) is 18.9 Å². The molecule has 332 valence electrons. The smallest absolute Gasteiger partial charge is 0.390 e. The fourth-order valence-electron chi connectivity index (χ4n) is 7.46. The fraction of sp³-hybridized carbons (Fsp3) is 0.651. The zero-order valence-electron chi connectivity index (χ0n) is 35.4. The van der Waals surface area contributed by atoms with Gasteiger partial charge in [0.05, 0.1) is 49.2 Å². The number of aliphatic hydroxyl groups is 2. The molecule has 0 saturated carbocycles. The van der Waals surface area contributed by atoms with E-state index in [9.17, 15) is 24.9 Å². The van der Waals surface area contributed by atoms with Crippen molar-refractivity contribution in [3.05, 3.63) is 53.5 Å². The number of nitrogens with zero attached hydrogens (tertiary/aromatic N) is 6. The Hall–Kier alpha value is -3.78. The molecule has 16 nitrogen and oxygen atoms in total. The molecule has 0 amide bonds. The quantitative estimate of drug-likeness (QED) is 0.0184. The number of rotatable bonds is 30. The van der Waals surface area contributed by atoms with Crippen LogP contribution in [-0.4, -0.2) is 79.5 Å². The van der Waals surface area contributed by atoms with Crippen LogP contribution in [0.4, 0.5) is 11.5 Å². The SMILES string of the molecule is CCCCCCCCCCCCCCCCCCC[C@H](COP(=O)(O)OC[C@@]1(C)O[C@@H](c2ccc3c(N)ncnn23)[C@H](O)[C@@H]1O)OCc1ccc(N=CN=CN)c(C#N)c1. The lowest BCUT2D eigenvalue weighted by Gasteiger charge is -2.28. The molecular formula is C43H67N8O8P. The average Bonchev–Trinajstić information content (AvgIpc) is 3.77. The van der Waals surface area contributed by atoms with E-state index in [1.54, 1.807) is 30.3 Å². The molecule has 60 heavy (non-hydrogen) atoms. The Morgan fingerprint density at radius 3 is 2.23 bits per heavy atom. The van der Waals surface area contributed by atoms with E-state index in [0.717, 1.165) is 32.0 Å². The number of hydrogen-bond donors (Lipinski definition) is 5. The van der Waals surface area contributed by atoms with Crippen LogP contribution in [0, 0.1) is 11.3 Å². The second-order valence-electron chi connectivity index (χ2n) is 15.9. The van der Waals surface area contributed by atoms with Gasteiger partial charge in [-0.1, -0.05) is 122 Å². The summed E-state index contributed by atoms with van der Waals surface area (Å²) in [6.07, 6.45) is 21.0. The molecule has 7 N–H and O–H groups in total. The molecule has 1 unspecified atom stereocenters. The highest BCUT2D eigenvalue weighted by Gasteiger charge is 2.53. The summed E-state index contributed by atoms with van der Waals surface area (Å²) >= 11 is 0. The highest BCUT2D eigenvalue weighted by atomic mass is 31.2. The highest BCUT2D eigenvalue weighted by Crippen LogP contribution is 2.48. The zero-order valence-corrected chi connectivity index (χ0v) is 36.3. The maximum absolute atomic E-state index is 13.2. The molecule has 1 fully saturated rings. The lowest BCUT2D eigenvalue weighted by molar-refractivity contribution is -0.101. The summed E-state index contributed by atoms with van der Waals surface area (Å²) in [4.78, 5) is 22.6. The Kier molecular flexibility index (Phi) is 21.1. The normalized spacial score (nSPS) is 21.0. The predicted octanol–water partition coefficient (Wildman–Crippen LogP) is 8.14. The Balaban J connectivity index is 1.25. The minimum atomic E-state index is -4.69. The summed E-state index contributed by atoms with van der Waals surface area (Å²) in [6, 6.07) is 10.6. The van der Waals surface area contributed by atoms with Crippen LogP contribution in [0.1, 0.15) is 152 Å². The number of hydrogen-bond acceptors (Lipinski definition) is 12. The van der Waals surface area contributed by atoms with Crippen LogP contribution < -0.4 is 11.5 Å². The molecular weight excluding hydrogens is 787 g/mol. The van der Waals surface area contributed by atoms with Crippen molar-refractivity contribution in [1.29, 1.82) is 5.26 Å². The van der Waals surface area contributed by atoms with Gasteiger partial charge in [0.25, 0.3) is 0 Å². The monoisotopic (exact) mass is 854 g/mol. The number of aliphatic imine (C=N–C) groups is 2. The number of phosphoric ester groups is 1. The van der Waals surface area contributed by atoms with Gasteiger partial charge in [-0.3, -0.25) is 9.05 Å². The summed E-state index contributed by atoms with van der Waals surface area (Å²) in [5.41, 5.74) is 12.0. The van der Waals surface area contributed by atoms with Gasteiger partial charge >= 0.3 is 7.82 Å². The Labute approximate surface area is 355 Å². The molecule has 1 saturated heterocycles. The minimum Gasteiger partial charge on any atom is -0.390 e. The Morgan fingerprint density at radius 2 is 1.62 bits per heavy atom. The van der Waals surface area contributed by atoms with Gasteiger partial charge in [-0.2, -0.15) is 10.4 Å². The predicted molar refractivity (Wildman–Crippen MR) is 233 cm³/mol. The lowest BCUT2D eigenvalue weighted by atomic mass is 9.97. The van der Waals surface area contributed by atoms with Crippen LogP contribution in [-0.2, 0) is 29.7 Å². The number of unbranched alkanes of at least 4 members (excludes halogenated alkanes) is 16. The maximum atomic E-state index is 13.2. The average molecular weight is 855 g/mol. The van der Waals surface area contributed by atoms with Crippen LogP contribution in [0.25, 0.3) is 5.52 Å². The van der Waals surface area contributed by atoms with Gasteiger partial charge in [0.2, 0.25) is 0 Å². The minimum absolute atomic E-state index is 0.117. The molecule has 6 atom stereocenters. The van der Waals surface area contributed by atoms with E-state index in [1.165, 1.54) is 108 Å². The summed E-state index contributed by atoms with van der Waals surface area (Å²) in [7, 11) is -4.69. The number of fused-ring (bicyclic) bond motifs is 1. The first-order chi connectivity index (χ1) is 29.0. The molecule has 0 bridgehead atoms. The van der Waals surface area contributed by atoms with Gasteiger partial charge in [0.15, 0.2) is 5.82 Å². The molecule has 2 aromatic heterocycles. The van der Waals surface area contributed by atoms with Crippen LogP contribution in [0.5, 0.6) is 0 Å². The second-order valence-corrected chi connectivity index (χ2v) is 17.4. The van der Waals surface area contributed by atoms with Gasteiger partial charge < -0.3 is 36.0 Å². The van der Waals surface area contributed by atoms with Crippen LogP contribution in [0.3, 0.4) is 0 Å². The van der Waals surface area contributed by atoms with Crippen molar-refractivity contribution in [2.24, 2.45) is 15.7 Å². The van der Waals surface area contributed by atoms with Crippen molar-refractivity contribution >= 4 is 37.5 Å². The van der Waals surface area contributed by atoms with Gasteiger partial charge in [-0.15, -0.1) is 0 Å². The van der Waals surface area contributed by atoms with Gasteiger partial charge in [0, 0.05) is 0 Å². The highest BCUT2D eigenvalue weighted by molar-refractivity contribution is 7.47. The van der Waals surface area contributed by atoms with E-state index in [4.69, 9.17) is 30.0 Å². The topological polar surface area (TPSA) is 245 Å². The van der Waals surface area contributed by atoms with E-state index in [0.29, 0.717) is 34.4 Å². The Morgan fingerprint density at radius 1 is 0.983 bits per heavy atom. The number of phosphoric acid groups is 1. The first kappa shape index (κ1) is 48.9. The summed E-state index contributed by atoms with van der Waals surface area (Å²) < 4.78 is 37.8. The molecule has 0 radical (unpaired) electrons. The van der Waals surface area contributed by atoms with Crippen molar-refractivity contribution in [3.63, 3.8) is 0 Å². The number of benzene rings is 1. The number of aromatic nitrogens is 3. The lowest BCUT2D eigenvalue weighted by Crippen LogP contribution is -2.44. The molecule has 0 aliphatic carbocycles. The summed E-state index contributed by atoms with van der Waals surface area (Å²) in [6.45, 7) is 3.03. The van der Waals surface area contributed by atoms with Crippen molar-refractivity contribution in [3.8, 4) is 6.07 Å². The van der Waals surface area contributed by atoms with Gasteiger partial charge in [-0.25, -0.2) is 24.0 Å². The van der Waals surface area contributed by atoms with Gasteiger partial charge in [-0.05, 0) is 43.2 Å². The Bertz CT molecular complexity index is 1870. The van der Waals surface area contributed by atoms with Crippen molar-refractivity contribution in [2.45, 2.75) is 166 Å². The molecule has 4 rings (SSSR count). The second kappa shape index (κ2) is 25.9. The van der Waals surface area contributed by atoms with Gasteiger partial charge in [0.1, 0.15) is 48.2 Å². The molecule has 3 aromatic rings. The van der Waals surface area contributed by atoms with E-state index >= 15 is 0 Å². The third-order valence-corrected chi connectivity index (χ3v) is 12.0. The number of ether oxygens (including phenoxy) is 2. The van der Waals surface area contributed by atoms with Crippen molar-refractivity contribution < 1.29 is 38.2 Å². The first-order valence-corrected chi connectivity index (χ1v) is 23.2. The van der Waals surface area contributed by atoms with Crippen LogP contribution in [0.15, 0.2) is 46.6 Å². The fourth-order valence-corrected chi connectivity index (χ4v) is 8.31. The third-order valence-electron chi connectivity index (χ3n) is 11.0.